The lowest BCUT2D eigenvalue weighted by Gasteiger charge is -2.42. The van der Waals surface area contributed by atoms with Gasteiger partial charge in [-0.3, -0.25) is 4.99 Å². The number of hydrogen-bond acceptors (Lipinski definition) is 1. The van der Waals surface area contributed by atoms with Crippen LogP contribution >= 0.6 is 0 Å². The third kappa shape index (κ3) is 8.68. The minimum atomic E-state index is -2.95. The van der Waals surface area contributed by atoms with E-state index < -0.39 is 21.3 Å². The molecule has 1 nitrogen and oxygen atoms in total. The first kappa shape index (κ1) is 55.5. The second kappa shape index (κ2) is 19.6. The van der Waals surface area contributed by atoms with E-state index in [1.807, 2.05) is 20.7 Å². The quantitative estimate of drug-likeness (QED) is 0.0992. The van der Waals surface area contributed by atoms with E-state index in [0.29, 0.717) is 71.0 Å². The fraction of sp³-hybridized carbons (Fsp3) is 0.615. The van der Waals surface area contributed by atoms with Crippen LogP contribution in [0.5, 0.6) is 0 Å². The summed E-state index contributed by atoms with van der Waals surface area (Å²) in [5.41, 5.74) is 19.1. The van der Waals surface area contributed by atoms with E-state index in [1.165, 1.54) is 22.3 Å². The molecule has 378 valence electrons. The van der Waals surface area contributed by atoms with Gasteiger partial charge in [-0.1, -0.05) is 235 Å². The molecule has 0 bridgehead atoms. The van der Waals surface area contributed by atoms with Crippen LogP contribution in [0.15, 0.2) is 53.5 Å². The number of nitrogens with zero attached hydrogens (tertiary/aromatic N) is 1. The van der Waals surface area contributed by atoms with Crippen molar-refractivity contribution in [1.82, 2.24) is 0 Å². The molecule has 2 saturated heterocycles. The van der Waals surface area contributed by atoms with Crippen molar-refractivity contribution in [1.29, 1.82) is 0 Å². The minimum Gasteiger partial charge on any atom is -0.298 e. The average molecular weight is 981 g/mol. The molecule has 2 fully saturated rings. The van der Waals surface area contributed by atoms with Crippen LogP contribution in [-0.2, 0) is 0 Å². The summed E-state index contributed by atoms with van der Waals surface area (Å²) in [6, 6.07) is 22.1. The topological polar surface area (TPSA) is 12.4 Å². The van der Waals surface area contributed by atoms with Crippen molar-refractivity contribution in [3.8, 4) is 0 Å². The molecule has 4 aromatic rings. The minimum absolute atomic E-state index is 0.211. The molecular weight excluding hydrogens is 879 g/mol. The summed E-state index contributed by atoms with van der Waals surface area (Å²) in [4.78, 5) is 8.25. The van der Waals surface area contributed by atoms with Gasteiger partial charge in [0.25, 0.3) is 0 Å². The standard InChI is InChI=1S/C65H101NSi3/c1-36(2)48-28-52(40(9)10)60(53(29-48)41(11)12)67(61-54(42(13)14)30-49(37(3)4)31-55(61)43(15)16)68(62-56(44(17)18)32-50(38(5)6)33-57(62)45(19)20)64(66-65(25,26)27)69(67,68)63-58(46(21)22)34-51(39(7)8)35-59(63)47(23)24/h28-47H,1-27H3. The molecule has 6 rings (SSSR count). The molecule has 0 aromatic heterocycles. The zero-order chi connectivity index (χ0) is 52.1. The van der Waals surface area contributed by atoms with Crippen LogP contribution in [0.25, 0.3) is 0 Å². The Bertz CT molecular complexity index is 2300. The highest BCUT2D eigenvalue weighted by Gasteiger charge is 3.11. The Morgan fingerprint density at radius 3 is 0.551 bits per heavy atom. The third-order valence-electron chi connectivity index (χ3n) is 16.7. The molecule has 4 heteroatoms. The van der Waals surface area contributed by atoms with E-state index in [-0.39, 0.29) is 5.54 Å². The molecule has 2 heterocycles. The van der Waals surface area contributed by atoms with Gasteiger partial charge in [-0.15, -0.1) is 0 Å². The third-order valence-corrected chi connectivity index (χ3v) is 63.8. The lowest BCUT2D eigenvalue weighted by Crippen LogP contribution is -2.74. The Labute approximate surface area is 428 Å². The maximum atomic E-state index is 6.48. The van der Waals surface area contributed by atoms with Crippen LogP contribution in [0.4, 0.5) is 0 Å². The number of benzene rings is 4. The maximum Gasteiger partial charge on any atom is 0.134 e. The van der Waals surface area contributed by atoms with Crippen LogP contribution in [0, 0.1) is 0 Å². The van der Waals surface area contributed by atoms with Crippen LogP contribution in [0.1, 0.15) is 325 Å². The molecule has 0 radical (unpaired) electrons. The molecule has 4 aromatic carbocycles. The molecule has 0 spiro atoms. The zero-order valence-corrected chi connectivity index (χ0v) is 52.5. The second-order valence-corrected chi connectivity index (χ2v) is 53.0. The van der Waals surface area contributed by atoms with Gasteiger partial charge in [0.1, 0.15) is 21.3 Å². The van der Waals surface area contributed by atoms with Gasteiger partial charge < -0.3 is 0 Å². The van der Waals surface area contributed by atoms with E-state index in [1.54, 1.807) is 49.5 Å². The number of fused-ring (bicyclic) bond motifs is 1. The van der Waals surface area contributed by atoms with Gasteiger partial charge in [0.05, 0.1) is 5.54 Å². The van der Waals surface area contributed by atoms with Crippen LogP contribution in [-0.4, -0.2) is 31.8 Å². The van der Waals surface area contributed by atoms with Crippen molar-refractivity contribution >= 4 is 47.0 Å². The summed E-state index contributed by atoms with van der Waals surface area (Å²) in [5.74, 6) is 4.90. The fourth-order valence-corrected chi connectivity index (χ4v) is 92.4. The highest BCUT2D eigenvalue weighted by molar-refractivity contribution is 8.48. The summed E-state index contributed by atoms with van der Waals surface area (Å²) in [6.45, 7) is 67.5. The SMILES string of the molecule is CC(C)c1cc(C(C)C)c([Si]23C(=NC(C)(C)C)[Si]2(c2c(C(C)C)cc(C(C)C)cc2C(C)C)[Si]3(c2c(C(C)C)cc(C(C)C)cc2C(C)C)c2c(C(C)C)cc(C(C)C)cc2C(C)C)c(C(C)C)c1. The number of hydrogen-bond donors (Lipinski definition) is 0. The van der Waals surface area contributed by atoms with Crippen LogP contribution in [0.3, 0.4) is 0 Å². The first-order valence-electron chi connectivity index (χ1n) is 28.1. The van der Waals surface area contributed by atoms with Crippen LogP contribution in [0.2, 0.25) is 0 Å². The molecule has 2 aliphatic rings. The molecule has 69 heavy (non-hydrogen) atoms. The monoisotopic (exact) mass is 980 g/mol. The second-order valence-electron chi connectivity index (χ2n) is 27.0. The van der Waals surface area contributed by atoms with Gasteiger partial charge in [-0.05, 0) is 164 Å². The smallest absolute Gasteiger partial charge is 0.134 e. The Hall–Kier alpha value is -2.80. The summed E-state index contributed by atoms with van der Waals surface area (Å²) in [7, 11) is -8.65. The largest absolute Gasteiger partial charge is 0.298 e. The van der Waals surface area contributed by atoms with Crippen molar-refractivity contribution in [2.75, 3.05) is 0 Å². The first-order chi connectivity index (χ1) is 31.8. The average Bonchev–Trinajstić information content (AvgIpc) is 4.04. The molecule has 2 atom stereocenters. The summed E-state index contributed by atoms with van der Waals surface area (Å²) in [6.07, 6.45) is 0. The molecular formula is C65H101NSi3. The van der Waals surface area contributed by atoms with E-state index in [0.717, 1.165) is 0 Å². The Balaban J connectivity index is 2.22. The zero-order valence-electron chi connectivity index (χ0n) is 49.5. The molecule has 2 aliphatic heterocycles. The van der Waals surface area contributed by atoms with Crippen molar-refractivity contribution in [2.24, 2.45) is 4.99 Å². The number of rotatable bonds is 16. The highest BCUT2D eigenvalue weighted by atomic mass is 30.2. The maximum absolute atomic E-state index is 6.48. The predicted octanol–water partition coefficient (Wildman–Crippen LogP) is 17.0. The highest BCUT2D eigenvalue weighted by Crippen LogP contribution is 2.70. The van der Waals surface area contributed by atoms with Gasteiger partial charge >= 0.3 is 0 Å². The van der Waals surface area contributed by atoms with E-state index in [4.69, 9.17) is 4.99 Å². The van der Waals surface area contributed by atoms with Gasteiger partial charge in [0.2, 0.25) is 0 Å². The van der Waals surface area contributed by atoms with Crippen molar-refractivity contribution in [2.45, 2.75) is 263 Å². The van der Waals surface area contributed by atoms with Crippen molar-refractivity contribution in [3.05, 3.63) is 115 Å². The first-order valence-corrected chi connectivity index (χ1v) is 37.1. The molecule has 0 amide bonds. The van der Waals surface area contributed by atoms with Crippen molar-refractivity contribution < 1.29 is 0 Å². The van der Waals surface area contributed by atoms with Crippen LogP contribution < -0.4 is 20.7 Å². The van der Waals surface area contributed by atoms with E-state index in [9.17, 15) is 0 Å². The normalized spacial score (nSPS) is 19.3. The summed E-state index contributed by atoms with van der Waals surface area (Å²) >= 11 is 0. The summed E-state index contributed by atoms with van der Waals surface area (Å²) in [5, 5.41) is 7.45. The van der Waals surface area contributed by atoms with Gasteiger partial charge in [0.15, 0.2) is 0 Å². The lowest BCUT2D eigenvalue weighted by molar-refractivity contribution is 0.587. The van der Waals surface area contributed by atoms with Gasteiger partial charge in [-0.25, -0.2) is 0 Å². The van der Waals surface area contributed by atoms with E-state index in [2.05, 4.69) is 235 Å². The Kier molecular flexibility index (Phi) is 15.7. The molecule has 0 saturated carbocycles. The van der Waals surface area contributed by atoms with Gasteiger partial charge in [-0.2, -0.15) is 0 Å². The molecule has 0 N–H and O–H groups in total. The summed E-state index contributed by atoms with van der Waals surface area (Å²) < 4.78 is 0. The predicted molar refractivity (Wildman–Crippen MR) is 318 cm³/mol. The molecule has 2 unspecified atom stereocenters. The fourth-order valence-electron chi connectivity index (χ4n) is 13.2. The Morgan fingerprint density at radius 1 is 0.261 bits per heavy atom. The lowest BCUT2D eigenvalue weighted by atomic mass is 9.89. The Morgan fingerprint density at radius 2 is 0.420 bits per heavy atom. The molecule has 0 aliphatic carbocycles. The van der Waals surface area contributed by atoms with E-state index >= 15 is 0 Å². The van der Waals surface area contributed by atoms with Gasteiger partial charge in [0, 0.05) is 0 Å². The number of aliphatic imine (C=N–C) groups is 1. The van der Waals surface area contributed by atoms with Crippen molar-refractivity contribution in [3.63, 3.8) is 0 Å².